The molecular formula is C22H23Cl2HfSi. The van der Waals surface area contributed by atoms with Crippen LogP contribution in [0.2, 0.25) is 12.1 Å². The van der Waals surface area contributed by atoms with E-state index in [2.05, 4.69) is 72.8 Å². The van der Waals surface area contributed by atoms with Crippen molar-refractivity contribution in [2.75, 3.05) is 0 Å². The molecule has 0 amide bonds. The van der Waals surface area contributed by atoms with E-state index in [9.17, 15) is 0 Å². The first-order chi connectivity index (χ1) is 12.8. The average Bonchev–Trinajstić information content (AvgIpc) is 3.27. The molecule has 2 aromatic carbocycles. The van der Waals surface area contributed by atoms with Crippen LogP contribution in [0.3, 0.4) is 0 Å². The summed E-state index contributed by atoms with van der Waals surface area (Å²) >= 11 is -0.972. The van der Waals surface area contributed by atoms with Crippen LogP contribution in [0.1, 0.15) is 46.9 Å². The van der Waals surface area contributed by atoms with Gasteiger partial charge in [-0.2, -0.15) is 0 Å². The summed E-state index contributed by atoms with van der Waals surface area (Å²) < 4.78 is 0. The summed E-state index contributed by atoms with van der Waals surface area (Å²) in [6.45, 7) is 0. The van der Waals surface area contributed by atoms with Gasteiger partial charge in [-0.25, -0.2) is 0 Å². The van der Waals surface area contributed by atoms with Crippen LogP contribution < -0.4 is 0 Å². The zero-order valence-electron chi connectivity index (χ0n) is 14.7. The molecule has 0 spiro atoms. The summed E-state index contributed by atoms with van der Waals surface area (Å²) in [7, 11) is 10.5. The molecule has 0 saturated carbocycles. The fourth-order valence-corrected chi connectivity index (χ4v) is 5.37. The van der Waals surface area contributed by atoms with Gasteiger partial charge in [-0.05, 0) is 35.1 Å². The van der Waals surface area contributed by atoms with Crippen molar-refractivity contribution in [1.82, 2.24) is 0 Å². The molecule has 133 valence electrons. The quantitative estimate of drug-likeness (QED) is 0.261. The molecule has 1 radical (unpaired) electrons. The maximum absolute atomic E-state index is 4.96. The first-order valence-corrected chi connectivity index (χ1v) is 19.7. The van der Waals surface area contributed by atoms with Gasteiger partial charge in [0.1, 0.15) is 0 Å². The Morgan fingerprint density at radius 2 is 1.15 bits per heavy atom. The third kappa shape index (κ3) is 5.31. The van der Waals surface area contributed by atoms with E-state index in [0.29, 0.717) is 21.4 Å². The molecule has 4 heteroatoms. The van der Waals surface area contributed by atoms with Crippen molar-refractivity contribution in [3.05, 3.63) is 82.9 Å². The van der Waals surface area contributed by atoms with Crippen molar-refractivity contribution < 1.29 is 20.5 Å². The molecule has 0 saturated heterocycles. The Balaban J connectivity index is 0.000000613. The molecule has 0 aromatic heterocycles. The Labute approximate surface area is 178 Å². The van der Waals surface area contributed by atoms with Crippen molar-refractivity contribution in [3.8, 4) is 0 Å². The average molecular weight is 565 g/mol. The first-order valence-electron chi connectivity index (χ1n) is 9.15. The number of hydrogen-bond acceptors (Lipinski definition) is 0. The second kappa shape index (κ2) is 10.8. The molecule has 2 atom stereocenters. The molecule has 4 rings (SSSR count). The van der Waals surface area contributed by atoms with Gasteiger partial charge < -0.3 is 0 Å². The van der Waals surface area contributed by atoms with E-state index >= 15 is 0 Å². The Morgan fingerprint density at radius 3 is 1.62 bits per heavy atom. The van der Waals surface area contributed by atoms with Crippen molar-refractivity contribution in [1.29, 1.82) is 0 Å². The van der Waals surface area contributed by atoms with Gasteiger partial charge in [-0.15, -0.1) is 0 Å². The molecule has 0 heterocycles. The van der Waals surface area contributed by atoms with Gasteiger partial charge in [0.05, 0.1) is 0 Å². The summed E-state index contributed by atoms with van der Waals surface area (Å²) in [5, 5.41) is 0. The van der Waals surface area contributed by atoms with Gasteiger partial charge in [0, 0.05) is 21.4 Å². The van der Waals surface area contributed by atoms with Gasteiger partial charge in [-0.1, -0.05) is 84.9 Å². The number of fused-ring (bicyclic) bond motifs is 2. The van der Waals surface area contributed by atoms with Crippen LogP contribution in [0.25, 0.3) is 12.2 Å². The molecule has 0 aliphatic heterocycles. The number of benzene rings is 2. The zero-order chi connectivity index (χ0) is 18.2. The maximum atomic E-state index is 4.96. The number of hydrogen-bond donors (Lipinski definition) is 0. The predicted molar refractivity (Wildman–Crippen MR) is 114 cm³/mol. The van der Waals surface area contributed by atoms with Crippen LogP contribution in [-0.2, 0) is 20.5 Å². The van der Waals surface area contributed by atoms with Gasteiger partial charge in [0.2, 0.25) is 0 Å². The summed E-state index contributed by atoms with van der Waals surface area (Å²) in [6.07, 6.45) is 12.1. The Kier molecular flexibility index (Phi) is 8.44. The summed E-state index contributed by atoms with van der Waals surface area (Å²) in [5.41, 5.74) is 5.94. The van der Waals surface area contributed by atoms with Gasteiger partial charge in [-0.3, -0.25) is 0 Å². The predicted octanol–water partition coefficient (Wildman–Crippen LogP) is 7.04. The molecule has 0 fully saturated rings. The second-order valence-corrected chi connectivity index (χ2v) is 13.6. The third-order valence-corrected chi connectivity index (χ3v) is 6.65. The number of halogens is 2. The molecule has 2 aliphatic rings. The molecule has 2 aliphatic carbocycles. The topological polar surface area (TPSA) is 0 Å². The van der Waals surface area contributed by atoms with E-state index < -0.39 is 20.5 Å². The Hall–Kier alpha value is -0.413. The molecule has 2 unspecified atom stereocenters. The zero-order valence-corrected chi connectivity index (χ0v) is 21.0. The third-order valence-electron chi connectivity index (χ3n) is 5.17. The molecule has 0 N–H and O–H groups in total. The van der Waals surface area contributed by atoms with Crippen LogP contribution >= 0.6 is 17.2 Å². The van der Waals surface area contributed by atoms with Crippen LogP contribution in [0.15, 0.2) is 60.7 Å². The van der Waals surface area contributed by atoms with E-state index in [1.165, 1.54) is 36.1 Å². The van der Waals surface area contributed by atoms with E-state index in [4.69, 9.17) is 17.2 Å². The van der Waals surface area contributed by atoms with Crippen LogP contribution in [0, 0.1) is 0 Å². The van der Waals surface area contributed by atoms with Crippen LogP contribution in [0.5, 0.6) is 0 Å². The first kappa shape index (κ1) is 20.3. The van der Waals surface area contributed by atoms with Gasteiger partial charge in [0.15, 0.2) is 0 Å². The fourth-order valence-electron chi connectivity index (χ4n) is 3.89. The Bertz CT molecular complexity index is 709. The number of rotatable bonds is 6. The van der Waals surface area contributed by atoms with Gasteiger partial charge in [0.25, 0.3) is 0 Å². The van der Waals surface area contributed by atoms with E-state index in [1.54, 1.807) is 11.1 Å². The second-order valence-electron chi connectivity index (χ2n) is 6.70. The summed E-state index contributed by atoms with van der Waals surface area (Å²) in [6, 6.07) is 20.6. The van der Waals surface area contributed by atoms with E-state index in [0.717, 1.165) is 0 Å². The van der Waals surface area contributed by atoms with Crippen molar-refractivity contribution in [2.24, 2.45) is 0 Å². The van der Waals surface area contributed by atoms with Crippen molar-refractivity contribution >= 4 is 38.8 Å². The van der Waals surface area contributed by atoms with E-state index in [1.807, 2.05) is 0 Å². The molecule has 0 nitrogen and oxygen atoms in total. The van der Waals surface area contributed by atoms with Gasteiger partial charge >= 0.3 is 37.7 Å². The Morgan fingerprint density at radius 1 is 0.731 bits per heavy atom. The van der Waals surface area contributed by atoms with E-state index in [-0.39, 0.29) is 0 Å². The monoisotopic (exact) mass is 565 g/mol. The standard InChI is InChI=1S/C22H23Si.2ClH.Hf/c1-3-7-21-17(5-1)9-11-19(21)13-15-23-16-14-20-12-10-18-6-2-4-8-22(18)20;;;/h1-12,19-20,23H,13-16H2;2*1H;/q;;;+2/p-2. The number of allylic oxidation sites excluding steroid dienone is 2. The SMILES string of the molecule is C1=CC(CC[SiH]CCC2C=Cc3ccccc32)c2ccccc21.[Cl][Hf][Cl]. The minimum atomic E-state index is -0.972. The van der Waals surface area contributed by atoms with Crippen LogP contribution in [0.4, 0.5) is 0 Å². The minimum absolute atomic E-state index is 0.584. The van der Waals surface area contributed by atoms with Crippen molar-refractivity contribution in [2.45, 2.75) is 36.8 Å². The summed E-state index contributed by atoms with van der Waals surface area (Å²) in [4.78, 5) is 0. The van der Waals surface area contributed by atoms with Crippen LogP contribution in [-0.4, -0.2) is 9.52 Å². The molecular weight excluding hydrogens is 542 g/mol. The molecule has 2 aromatic rings. The van der Waals surface area contributed by atoms with Crippen molar-refractivity contribution in [3.63, 3.8) is 0 Å². The molecule has 0 bridgehead atoms. The molecule has 26 heavy (non-hydrogen) atoms. The summed E-state index contributed by atoms with van der Waals surface area (Å²) in [5.74, 6) is 1.34. The normalized spacial score (nSPS) is 18.8. The fraction of sp³-hybridized carbons (Fsp3) is 0.273.